The Kier molecular flexibility index (Phi) is 7.75. The average Bonchev–Trinajstić information content (AvgIpc) is 3.84. The van der Waals surface area contributed by atoms with Gasteiger partial charge in [-0.15, -0.1) is 0 Å². The normalized spacial score (nSPS) is 29.9. The van der Waals surface area contributed by atoms with E-state index in [4.69, 9.17) is 4.74 Å². The highest BCUT2D eigenvalue weighted by Crippen LogP contribution is 2.46. The van der Waals surface area contributed by atoms with Crippen molar-refractivity contribution in [2.45, 2.75) is 100 Å². The van der Waals surface area contributed by atoms with Crippen molar-refractivity contribution in [1.29, 1.82) is 0 Å². The minimum absolute atomic E-state index is 0.0854. The van der Waals surface area contributed by atoms with Crippen LogP contribution < -0.4 is 10.0 Å². The van der Waals surface area contributed by atoms with Crippen LogP contribution in [0.2, 0.25) is 0 Å². The smallest absolute Gasteiger partial charge is 0.410 e. The van der Waals surface area contributed by atoms with Crippen LogP contribution in [0, 0.1) is 5.92 Å². The Hall–Kier alpha value is -3.41. The number of ether oxygens (including phenoxy) is 1. The molecule has 1 aromatic rings. The van der Waals surface area contributed by atoms with Gasteiger partial charge in [0.05, 0.1) is 11.8 Å². The van der Waals surface area contributed by atoms with Gasteiger partial charge in [-0.3, -0.25) is 24.0 Å². The fourth-order valence-corrected chi connectivity index (χ4v) is 7.71. The molecule has 1 aromatic carbocycles. The molecule has 12 heteroatoms. The van der Waals surface area contributed by atoms with Crippen LogP contribution in [0.1, 0.15) is 75.3 Å². The zero-order valence-corrected chi connectivity index (χ0v) is 24.4. The zero-order valence-electron chi connectivity index (χ0n) is 23.6. The highest BCUT2D eigenvalue weighted by atomic mass is 32.2. The Morgan fingerprint density at radius 3 is 2.45 bits per heavy atom. The first-order valence-electron chi connectivity index (χ1n) is 15.0. The van der Waals surface area contributed by atoms with Crippen LogP contribution in [0.15, 0.2) is 36.4 Å². The van der Waals surface area contributed by atoms with Gasteiger partial charge < -0.3 is 15.0 Å². The molecule has 226 valence electrons. The summed E-state index contributed by atoms with van der Waals surface area (Å²) in [6.07, 6.45) is 8.62. The lowest BCUT2D eigenvalue weighted by atomic mass is 10.1. The third-order valence-corrected chi connectivity index (χ3v) is 10.9. The van der Waals surface area contributed by atoms with Gasteiger partial charge in [0.1, 0.15) is 17.7 Å². The monoisotopic (exact) mass is 598 g/mol. The molecule has 0 unspecified atom stereocenters. The van der Waals surface area contributed by atoms with Crippen molar-refractivity contribution >= 4 is 33.8 Å². The molecule has 3 aliphatic heterocycles. The van der Waals surface area contributed by atoms with E-state index >= 15 is 0 Å². The number of nitrogens with zero attached hydrogens (tertiary/aromatic N) is 2. The number of carbonyl (C=O) groups excluding carboxylic acids is 4. The SMILES string of the molecule is O=C1N[C@]2(C(=O)NS(=O)(=O)C3CC3)C[C@H]2C=CCCCCCCC(=O)N2C[C@H](OC(=O)N3Cc4ccccc4C3)C[C@@H]12. The number of benzene rings is 1. The molecule has 0 spiro atoms. The molecule has 2 N–H and O–H groups in total. The molecule has 4 amide bonds. The lowest BCUT2D eigenvalue weighted by Gasteiger charge is -2.26. The largest absolute Gasteiger partial charge is 0.444 e. The van der Waals surface area contributed by atoms with E-state index in [1.807, 2.05) is 36.4 Å². The van der Waals surface area contributed by atoms with Crippen LogP contribution >= 0.6 is 0 Å². The van der Waals surface area contributed by atoms with Gasteiger partial charge in [-0.2, -0.15) is 0 Å². The highest BCUT2D eigenvalue weighted by Gasteiger charge is 2.62. The van der Waals surface area contributed by atoms with E-state index in [0.717, 1.165) is 36.8 Å². The second-order valence-corrected chi connectivity index (χ2v) is 14.2. The van der Waals surface area contributed by atoms with E-state index < -0.39 is 50.9 Å². The number of rotatable bonds is 4. The summed E-state index contributed by atoms with van der Waals surface area (Å²) < 4.78 is 33.2. The van der Waals surface area contributed by atoms with Gasteiger partial charge in [-0.25, -0.2) is 13.2 Å². The minimum Gasteiger partial charge on any atom is -0.444 e. The summed E-state index contributed by atoms with van der Waals surface area (Å²) in [5.74, 6) is -1.83. The maximum Gasteiger partial charge on any atom is 0.410 e. The maximum atomic E-state index is 13.8. The predicted octanol–water partition coefficient (Wildman–Crippen LogP) is 2.50. The molecule has 42 heavy (non-hydrogen) atoms. The first kappa shape index (κ1) is 28.7. The van der Waals surface area contributed by atoms with E-state index in [1.54, 1.807) is 4.90 Å². The molecule has 3 fully saturated rings. The van der Waals surface area contributed by atoms with Crippen molar-refractivity contribution in [2.75, 3.05) is 6.54 Å². The van der Waals surface area contributed by atoms with E-state index in [1.165, 1.54) is 4.90 Å². The van der Waals surface area contributed by atoms with E-state index in [2.05, 4.69) is 10.0 Å². The Balaban J connectivity index is 1.18. The van der Waals surface area contributed by atoms with Crippen molar-refractivity contribution in [2.24, 2.45) is 5.92 Å². The van der Waals surface area contributed by atoms with Crippen LogP contribution in [0.4, 0.5) is 4.79 Å². The van der Waals surface area contributed by atoms with E-state index in [0.29, 0.717) is 32.4 Å². The Bertz CT molecular complexity index is 1380. The number of sulfonamides is 1. The molecule has 3 heterocycles. The van der Waals surface area contributed by atoms with Crippen LogP contribution in [0.25, 0.3) is 0 Å². The Morgan fingerprint density at radius 2 is 1.74 bits per heavy atom. The van der Waals surface area contributed by atoms with Gasteiger partial charge >= 0.3 is 6.09 Å². The molecule has 0 bridgehead atoms. The lowest BCUT2D eigenvalue weighted by molar-refractivity contribution is -0.139. The molecular weight excluding hydrogens is 560 g/mol. The summed E-state index contributed by atoms with van der Waals surface area (Å²) in [6, 6.07) is 6.86. The van der Waals surface area contributed by atoms with Gasteiger partial charge in [0, 0.05) is 31.8 Å². The fourth-order valence-electron chi connectivity index (χ4n) is 6.35. The third kappa shape index (κ3) is 5.91. The minimum atomic E-state index is -3.81. The fraction of sp³-hybridized carbons (Fsp3) is 0.600. The van der Waals surface area contributed by atoms with Crippen molar-refractivity contribution < 1.29 is 32.3 Å². The summed E-state index contributed by atoms with van der Waals surface area (Å²) in [6.45, 7) is 0.956. The number of hydrogen-bond donors (Lipinski definition) is 2. The second-order valence-electron chi connectivity index (χ2n) is 12.3. The maximum absolute atomic E-state index is 13.8. The first-order chi connectivity index (χ1) is 20.2. The van der Waals surface area contributed by atoms with Crippen molar-refractivity contribution in [1.82, 2.24) is 19.8 Å². The van der Waals surface area contributed by atoms with Gasteiger partial charge in [0.25, 0.3) is 5.91 Å². The quantitative estimate of drug-likeness (QED) is 0.507. The molecule has 11 nitrogen and oxygen atoms in total. The molecule has 1 saturated heterocycles. The molecule has 6 rings (SSSR count). The van der Waals surface area contributed by atoms with Gasteiger partial charge in [0.2, 0.25) is 21.8 Å². The third-order valence-electron chi connectivity index (χ3n) is 9.10. The number of carbonyl (C=O) groups is 4. The summed E-state index contributed by atoms with van der Waals surface area (Å²) in [5, 5.41) is 2.26. The molecule has 4 atom stereocenters. The summed E-state index contributed by atoms with van der Waals surface area (Å²) >= 11 is 0. The van der Waals surface area contributed by atoms with Gasteiger partial charge in [0.15, 0.2) is 0 Å². The zero-order chi connectivity index (χ0) is 29.5. The number of fused-ring (bicyclic) bond motifs is 3. The molecule has 2 aliphatic carbocycles. The molecule has 5 aliphatic rings. The van der Waals surface area contributed by atoms with Crippen LogP contribution in [-0.4, -0.2) is 71.5 Å². The van der Waals surface area contributed by atoms with Crippen LogP contribution in [0.5, 0.6) is 0 Å². The van der Waals surface area contributed by atoms with Crippen molar-refractivity contribution in [3.63, 3.8) is 0 Å². The van der Waals surface area contributed by atoms with Gasteiger partial charge in [-0.1, -0.05) is 49.3 Å². The summed E-state index contributed by atoms with van der Waals surface area (Å²) in [4.78, 5) is 56.6. The molecule has 0 aromatic heterocycles. The van der Waals surface area contributed by atoms with E-state index in [9.17, 15) is 27.6 Å². The molecule has 0 radical (unpaired) electrons. The van der Waals surface area contributed by atoms with E-state index in [-0.39, 0.29) is 37.6 Å². The van der Waals surface area contributed by atoms with Gasteiger partial charge in [-0.05, 0) is 49.7 Å². The number of allylic oxidation sites excluding steroid dienone is 1. The topological polar surface area (TPSA) is 142 Å². The average molecular weight is 599 g/mol. The van der Waals surface area contributed by atoms with Crippen LogP contribution in [-0.2, 0) is 42.2 Å². The number of amides is 4. The Labute approximate surface area is 246 Å². The number of hydrogen-bond acceptors (Lipinski definition) is 7. The second kappa shape index (κ2) is 11.3. The van der Waals surface area contributed by atoms with Crippen molar-refractivity contribution in [3.8, 4) is 0 Å². The summed E-state index contributed by atoms with van der Waals surface area (Å²) in [7, 11) is -3.81. The standard InChI is InChI=1S/C30H38N4O7S/c35-26-12-6-4-2-1-3-5-11-22-16-30(22,28(37)32-42(39,40)24-13-14-24)31-27(36)25-15-23(19-34(25)26)41-29(38)33-17-20-9-7-8-10-21(20)18-33/h5,7-11,22-25H,1-4,6,12-19H2,(H,31,36)(H,32,37)/t22-,23-,25+,30-/m1/s1. The van der Waals surface area contributed by atoms with Crippen molar-refractivity contribution in [3.05, 3.63) is 47.5 Å². The van der Waals surface area contributed by atoms with Crippen LogP contribution in [0.3, 0.4) is 0 Å². The number of nitrogens with one attached hydrogen (secondary N) is 2. The predicted molar refractivity (Wildman–Crippen MR) is 152 cm³/mol. The summed E-state index contributed by atoms with van der Waals surface area (Å²) in [5.41, 5.74) is 0.715. The molecule has 2 saturated carbocycles. The first-order valence-corrected chi connectivity index (χ1v) is 16.6. The Morgan fingerprint density at radius 1 is 1.02 bits per heavy atom. The highest BCUT2D eigenvalue weighted by molar-refractivity contribution is 7.91. The molecular formula is C30H38N4O7S. The lowest BCUT2D eigenvalue weighted by Crippen LogP contribution is -2.56.